The molecule has 0 unspecified atom stereocenters. The second-order valence-electron chi connectivity index (χ2n) is 2.49. The van der Waals surface area contributed by atoms with Crippen LogP contribution in [0.15, 0.2) is 22.7 Å². The summed E-state index contributed by atoms with van der Waals surface area (Å²) in [6.07, 6.45) is 0. The summed E-state index contributed by atoms with van der Waals surface area (Å²) in [6.45, 7) is -0.0801. The summed E-state index contributed by atoms with van der Waals surface area (Å²) in [5.74, 6) is -0.812. The first-order valence-corrected chi connectivity index (χ1v) is 4.71. The van der Waals surface area contributed by atoms with Crippen molar-refractivity contribution in [3.05, 3.63) is 28.2 Å². The van der Waals surface area contributed by atoms with Crippen molar-refractivity contribution in [1.82, 2.24) is 0 Å². The topological polar surface area (TPSA) is 66.8 Å². The number of para-hydroxylation sites is 1. The van der Waals surface area contributed by atoms with E-state index in [1.165, 1.54) is 6.07 Å². The normalized spacial score (nSPS) is 9.86. The molecule has 76 valence electrons. The number of hydrogen-bond acceptors (Lipinski definition) is 3. The third kappa shape index (κ3) is 2.46. The summed E-state index contributed by atoms with van der Waals surface area (Å²) in [5.41, 5.74) is 0.0767. The number of ether oxygens (including phenoxy) is 1. The van der Waals surface area contributed by atoms with Crippen molar-refractivity contribution in [3.8, 4) is 5.75 Å². The van der Waals surface area contributed by atoms with Gasteiger partial charge < -0.3 is 14.9 Å². The van der Waals surface area contributed by atoms with Crippen LogP contribution in [0.5, 0.6) is 5.75 Å². The summed E-state index contributed by atoms with van der Waals surface area (Å²) in [5, 5.41) is 17.4. The lowest BCUT2D eigenvalue weighted by Gasteiger charge is -2.09. The number of benzene rings is 1. The Bertz CT molecular complexity index is 338. The van der Waals surface area contributed by atoms with E-state index < -0.39 is 5.97 Å². The molecule has 0 saturated heterocycles. The molecular formula is C9H9BrO4. The van der Waals surface area contributed by atoms with Crippen LogP contribution in [0.1, 0.15) is 10.4 Å². The molecule has 0 aliphatic rings. The van der Waals surface area contributed by atoms with Crippen LogP contribution in [0.4, 0.5) is 0 Å². The monoisotopic (exact) mass is 260 g/mol. The van der Waals surface area contributed by atoms with Crippen LogP contribution in [0.2, 0.25) is 0 Å². The molecule has 1 aromatic carbocycles. The average Bonchev–Trinajstić information content (AvgIpc) is 2.15. The fourth-order valence-electron chi connectivity index (χ4n) is 0.972. The summed E-state index contributed by atoms with van der Waals surface area (Å²) >= 11 is 3.18. The van der Waals surface area contributed by atoms with Crippen molar-refractivity contribution < 1.29 is 19.7 Å². The Hall–Kier alpha value is -1.07. The first-order valence-electron chi connectivity index (χ1n) is 3.92. The quantitative estimate of drug-likeness (QED) is 0.862. The van der Waals surface area contributed by atoms with Crippen molar-refractivity contribution in [1.29, 1.82) is 0 Å². The van der Waals surface area contributed by atoms with Crippen LogP contribution < -0.4 is 4.74 Å². The van der Waals surface area contributed by atoms with Gasteiger partial charge in [0, 0.05) is 0 Å². The standard InChI is InChI=1S/C9H9BrO4/c10-7-3-1-2-6(9(12)13)8(7)14-5-4-11/h1-3,11H,4-5H2,(H,12,13). The number of carbonyl (C=O) groups is 1. The van der Waals surface area contributed by atoms with Gasteiger partial charge in [0.2, 0.25) is 0 Å². The van der Waals surface area contributed by atoms with E-state index in [1.807, 2.05) is 0 Å². The number of carboxylic acid groups (broad SMARTS) is 1. The molecule has 4 nitrogen and oxygen atoms in total. The van der Waals surface area contributed by atoms with Crippen molar-refractivity contribution in [2.24, 2.45) is 0 Å². The van der Waals surface area contributed by atoms with Gasteiger partial charge in [-0.2, -0.15) is 0 Å². The molecule has 1 rings (SSSR count). The Kier molecular flexibility index (Phi) is 3.91. The van der Waals surface area contributed by atoms with Crippen LogP contribution in [0.25, 0.3) is 0 Å². The molecule has 2 N–H and O–H groups in total. The molecule has 0 fully saturated rings. The molecule has 0 amide bonds. The lowest BCUT2D eigenvalue weighted by Crippen LogP contribution is -2.07. The van der Waals surface area contributed by atoms with Crippen molar-refractivity contribution in [2.45, 2.75) is 0 Å². The lowest BCUT2D eigenvalue weighted by atomic mass is 10.2. The van der Waals surface area contributed by atoms with E-state index in [4.69, 9.17) is 14.9 Å². The van der Waals surface area contributed by atoms with Gasteiger partial charge in [-0.3, -0.25) is 0 Å². The summed E-state index contributed by atoms with van der Waals surface area (Å²) in [6, 6.07) is 4.73. The number of aromatic carboxylic acids is 1. The molecule has 1 aromatic rings. The molecule has 0 spiro atoms. The van der Waals surface area contributed by atoms with Crippen molar-refractivity contribution >= 4 is 21.9 Å². The summed E-state index contributed by atoms with van der Waals surface area (Å²) < 4.78 is 5.66. The Morgan fingerprint density at radius 1 is 1.50 bits per heavy atom. The maximum atomic E-state index is 10.8. The largest absolute Gasteiger partial charge is 0.489 e. The third-order valence-corrected chi connectivity index (χ3v) is 2.16. The van der Waals surface area contributed by atoms with Gasteiger partial charge in [-0.15, -0.1) is 0 Å². The number of halogens is 1. The summed E-state index contributed by atoms with van der Waals surface area (Å²) in [7, 11) is 0. The van der Waals surface area contributed by atoms with E-state index in [0.29, 0.717) is 4.47 Å². The molecule has 5 heteroatoms. The number of rotatable bonds is 4. The third-order valence-electron chi connectivity index (χ3n) is 1.54. The van der Waals surface area contributed by atoms with E-state index in [2.05, 4.69) is 15.9 Å². The molecule has 0 saturated carbocycles. The van der Waals surface area contributed by atoms with Gasteiger partial charge in [0.15, 0.2) is 0 Å². The SMILES string of the molecule is O=C(O)c1cccc(Br)c1OCCO. The van der Waals surface area contributed by atoms with Crippen LogP contribution in [-0.2, 0) is 0 Å². The highest BCUT2D eigenvalue weighted by Crippen LogP contribution is 2.28. The van der Waals surface area contributed by atoms with Gasteiger partial charge in [-0.05, 0) is 28.1 Å². The van der Waals surface area contributed by atoms with Crippen LogP contribution in [0.3, 0.4) is 0 Å². The van der Waals surface area contributed by atoms with Crippen molar-refractivity contribution in [3.63, 3.8) is 0 Å². The smallest absolute Gasteiger partial charge is 0.339 e. The molecule has 0 aliphatic carbocycles. The number of aliphatic hydroxyl groups is 1. The Morgan fingerprint density at radius 2 is 2.21 bits per heavy atom. The zero-order chi connectivity index (χ0) is 10.6. The van der Waals surface area contributed by atoms with Gasteiger partial charge in [-0.1, -0.05) is 6.07 Å². The first kappa shape index (κ1) is 11.0. The molecule has 0 aromatic heterocycles. The molecule has 0 radical (unpaired) electrons. The molecule has 14 heavy (non-hydrogen) atoms. The second-order valence-corrected chi connectivity index (χ2v) is 3.35. The minimum Gasteiger partial charge on any atom is -0.489 e. The van der Waals surface area contributed by atoms with Gasteiger partial charge in [0.25, 0.3) is 0 Å². The average molecular weight is 261 g/mol. The minimum absolute atomic E-state index is 0.0723. The highest BCUT2D eigenvalue weighted by atomic mass is 79.9. The number of hydrogen-bond donors (Lipinski definition) is 2. The van der Waals surface area contributed by atoms with Gasteiger partial charge >= 0.3 is 5.97 Å². The molecule has 0 atom stereocenters. The van der Waals surface area contributed by atoms with E-state index >= 15 is 0 Å². The van der Waals surface area contributed by atoms with E-state index in [-0.39, 0.29) is 24.5 Å². The molecule has 0 aliphatic heterocycles. The first-order chi connectivity index (χ1) is 6.66. The highest BCUT2D eigenvalue weighted by molar-refractivity contribution is 9.10. The fourth-order valence-corrected chi connectivity index (χ4v) is 1.45. The number of carboxylic acids is 1. The van der Waals surface area contributed by atoms with E-state index in [0.717, 1.165) is 0 Å². The summed E-state index contributed by atoms with van der Waals surface area (Å²) in [4.78, 5) is 10.8. The molecule has 0 heterocycles. The van der Waals surface area contributed by atoms with E-state index in [9.17, 15) is 4.79 Å². The van der Waals surface area contributed by atoms with Crippen LogP contribution in [-0.4, -0.2) is 29.4 Å². The van der Waals surface area contributed by atoms with Crippen LogP contribution in [0, 0.1) is 0 Å². The van der Waals surface area contributed by atoms with Crippen LogP contribution >= 0.6 is 15.9 Å². The van der Waals surface area contributed by atoms with Gasteiger partial charge in [0.1, 0.15) is 17.9 Å². The number of aliphatic hydroxyl groups excluding tert-OH is 1. The highest BCUT2D eigenvalue weighted by Gasteiger charge is 2.13. The predicted molar refractivity (Wildman–Crippen MR) is 53.7 cm³/mol. The maximum Gasteiger partial charge on any atom is 0.339 e. The van der Waals surface area contributed by atoms with E-state index in [1.54, 1.807) is 12.1 Å². The predicted octanol–water partition coefficient (Wildman–Crippen LogP) is 1.52. The second kappa shape index (κ2) is 4.97. The van der Waals surface area contributed by atoms with Gasteiger partial charge in [0.05, 0.1) is 11.1 Å². The molecular weight excluding hydrogens is 252 g/mol. The van der Waals surface area contributed by atoms with Crippen molar-refractivity contribution in [2.75, 3.05) is 13.2 Å². The fraction of sp³-hybridized carbons (Fsp3) is 0.222. The minimum atomic E-state index is -1.06. The lowest BCUT2D eigenvalue weighted by molar-refractivity contribution is 0.0690. The molecule has 0 bridgehead atoms. The zero-order valence-electron chi connectivity index (χ0n) is 7.24. The Morgan fingerprint density at radius 3 is 2.79 bits per heavy atom. The van der Waals surface area contributed by atoms with Gasteiger partial charge in [-0.25, -0.2) is 4.79 Å². The maximum absolute atomic E-state index is 10.8. The Balaban J connectivity index is 3.02. The zero-order valence-corrected chi connectivity index (χ0v) is 8.82. The Labute approximate surface area is 89.3 Å².